The zero-order valence-corrected chi connectivity index (χ0v) is 9.52. The van der Waals surface area contributed by atoms with Crippen molar-refractivity contribution in [2.45, 2.75) is 25.8 Å². The molecule has 1 aromatic heterocycles. The number of hydrogen-bond acceptors (Lipinski definition) is 5. The van der Waals surface area contributed by atoms with Crippen LogP contribution in [-0.4, -0.2) is 27.5 Å². The van der Waals surface area contributed by atoms with Gasteiger partial charge in [0.05, 0.1) is 4.92 Å². The quantitative estimate of drug-likeness (QED) is 0.459. The van der Waals surface area contributed by atoms with Crippen LogP contribution < -0.4 is 4.90 Å². The van der Waals surface area contributed by atoms with Crippen LogP contribution in [0.5, 0.6) is 0 Å². The van der Waals surface area contributed by atoms with Crippen LogP contribution in [0.4, 0.5) is 11.5 Å². The Labute approximate surface area is 97.4 Å². The lowest BCUT2D eigenvalue weighted by molar-refractivity contribution is -0.384. The zero-order valence-electron chi connectivity index (χ0n) is 8.76. The molecule has 0 N–H and O–H groups in total. The van der Waals surface area contributed by atoms with Crippen LogP contribution in [-0.2, 0) is 0 Å². The minimum atomic E-state index is -0.475. The summed E-state index contributed by atoms with van der Waals surface area (Å²) in [4.78, 5) is 19.9. The number of nitro groups is 1. The first-order chi connectivity index (χ1) is 7.63. The highest BCUT2D eigenvalue weighted by Gasteiger charge is 2.33. The van der Waals surface area contributed by atoms with Crippen molar-refractivity contribution < 1.29 is 4.92 Å². The van der Waals surface area contributed by atoms with Gasteiger partial charge in [0.2, 0.25) is 11.1 Å². The summed E-state index contributed by atoms with van der Waals surface area (Å²) in [7, 11) is 0. The number of anilines is 1. The summed E-state index contributed by atoms with van der Waals surface area (Å²) in [5, 5.41) is 10.9. The topological polar surface area (TPSA) is 72.2 Å². The van der Waals surface area contributed by atoms with Crippen LogP contribution in [0.2, 0.25) is 5.28 Å². The van der Waals surface area contributed by atoms with Gasteiger partial charge in [-0.2, -0.15) is 4.98 Å². The molecule has 6 nitrogen and oxygen atoms in total. The summed E-state index contributed by atoms with van der Waals surface area (Å²) >= 11 is 5.68. The lowest BCUT2D eigenvalue weighted by Gasteiger charge is -2.20. The molecular formula is C9H11ClN4O2. The summed E-state index contributed by atoms with van der Waals surface area (Å²) in [5.74, 6) is 0.329. The Morgan fingerprint density at radius 3 is 2.88 bits per heavy atom. The Hall–Kier alpha value is -1.43. The Kier molecular flexibility index (Phi) is 2.91. The summed E-state index contributed by atoms with van der Waals surface area (Å²) in [6.45, 7) is 2.62. The van der Waals surface area contributed by atoms with Gasteiger partial charge in [0.25, 0.3) is 0 Å². The fraction of sp³-hybridized carbons (Fsp3) is 0.556. The van der Waals surface area contributed by atoms with Crippen molar-refractivity contribution in [3.05, 3.63) is 21.6 Å². The SMILES string of the molecule is CCN(c1nc(Cl)ncc1[N+](=O)[O-])C1CC1. The van der Waals surface area contributed by atoms with Gasteiger partial charge in [-0.1, -0.05) is 0 Å². The van der Waals surface area contributed by atoms with Crippen LogP contribution in [0.3, 0.4) is 0 Å². The number of hydrogen-bond donors (Lipinski definition) is 0. The Morgan fingerprint density at radius 2 is 2.38 bits per heavy atom. The summed E-state index contributed by atoms with van der Waals surface area (Å²) in [6.07, 6.45) is 3.26. The maximum Gasteiger partial charge on any atom is 0.329 e. The third-order valence-electron chi connectivity index (χ3n) is 2.52. The molecule has 1 heterocycles. The van der Waals surface area contributed by atoms with Crippen molar-refractivity contribution in [2.24, 2.45) is 0 Å². The van der Waals surface area contributed by atoms with Crippen molar-refractivity contribution in [3.63, 3.8) is 0 Å². The highest BCUT2D eigenvalue weighted by molar-refractivity contribution is 6.28. The van der Waals surface area contributed by atoms with E-state index in [9.17, 15) is 10.1 Å². The monoisotopic (exact) mass is 242 g/mol. The van der Waals surface area contributed by atoms with E-state index in [-0.39, 0.29) is 11.0 Å². The predicted octanol–water partition coefficient (Wildman–Crippen LogP) is 2.03. The van der Waals surface area contributed by atoms with Gasteiger partial charge in [-0.05, 0) is 31.4 Å². The number of rotatable bonds is 4. The number of aromatic nitrogens is 2. The van der Waals surface area contributed by atoms with E-state index in [0.29, 0.717) is 18.4 Å². The molecule has 0 atom stereocenters. The third-order valence-corrected chi connectivity index (χ3v) is 2.70. The molecule has 1 aliphatic carbocycles. The molecule has 7 heteroatoms. The largest absolute Gasteiger partial charge is 0.348 e. The van der Waals surface area contributed by atoms with Crippen LogP contribution in [0, 0.1) is 10.1 Å². The van der Waals surface area contributed by atoms with Crippen molar-refractivity contribution >= 4 is 23.1 Å². The van der Waals surface area contributed by atoms with Crippen LogP contribution >= 0.6 is 11.6 Å². The van der Waals surface area contributed by atoms with Gasteiger partial charge < -0.3 is 4.90 Å². The van der Waals surface area contributed by atoms with Gasteiger partial charge >= 0.3 is 5.69 Å². The highest BCUT2D eigenvalue weighted by Crippen LogP contribution is 2.35. The number of nitrogens with zero attached hydrogens (tertiary/aromatic N) is 4. The Balaban J connectivity index is 2.42. The average molecular weight is 243 g/mol. The summed E-state index contributed by atoms with van der Waals surface area (Å²) in [6, 6.07) is 0.356. The zero-order chi connectivity index (χ0) is 11.7. The molecule has 0 spiro atoms. The van der Waals surface area contributed by atoms with E-state index in [1.807, 2.05) is 11.8 Å². The molecule has 0 bridgehead atoms. The first-order valence-corrected chi connectivity index (χ1v) is 5.45. The van der Waals surface area contributed by atoms with Crippen molar-refractivity contribution in [1.82, 2.24) is 9.97 Å². The van der Waals surface area contributed by atoms with Gasteiger partial charge in [-0.3, -0.25) is 10.1 Å². The lowest BCUT2D eigenvalue weighted by atomic mass is 10.4. The highest BCUT2D eigenvalue weighted by atomic mass is 35.5. The van der Waals surface area contributed by atoms with Crippen molar-refractivity contribution in [2.75, 3.05) is 11.4 Å². The van der Waals surface area contributed by atoms with E-state index in [0.717, 1.165) is 19.0 Å². The van der Waals surface area contributed by atoms with Crippen molar-refractivity contribution in [1.29, 1.82) is 0 Å². The predicted molar refractivity (Wildman–Crippen MR) is 59.7 cm³/mol. The molecule has 0 saturated heterocycles. The second-order valence-electron chi connectivity index (χ2n) is 3.62. The molecule has 0 unspecified atom stereocenters. The molecule has 0 aromatic carbocycles. The first-order valence-electron chi connectivity index (χ1n) is 5.07. The van der Waals surface area contributed by atoms with Gasteiger partial charge in [0.1, 0.15) is 6.20 Å². The van der Waals surface area contributed by atoms with Gasteiger partial charge in [-0.25, -0.2) is 4.98 Å². The molecule has 1 aromatic rings. The third kappa shape index (κ3) is 2.06. The lowest BCUT2D eigenvalue weighted by Crippen LogP contribution is -2.27. The fourth-order valence-corrected chi connectivity index (χ4v) is 1.78. The van der Waals surface area contributed by atoms with Crippen LogP contribution in [0.1, 0.15) is 19.8 Å². The van der Waals surface area contributed by atoms with E-state index >= 15 is 0 Å². The summed E-state index contributed by atoms with van der Waals surface area (Å²) < 4.78 is 0. The van der Waals surface area contributed by atoms with E-state index in [1.54, 1.807) is 0 Å². The van der Waals surface area contributed by atoms with Gasteiger partial charge in [0, 0.05) is 12.6 Å². The van der Waals surface area contributed by atoms with Crippen LogP contribution in [0.15, 0.2) is 6.20 Å². The molecule has 0 amide bonds. The average Bonchev–Trinajstić information content (AvgIpc) is 3.03. The van der Waals surface area contributed by atoms with Gasteiger partial charge in [0.15, 0.2) is 0 Å². The molecule has 16 heavy (non-hydrogen) atoms. The maximum absolute atomic E-state index is 10.9. The standard InChI is InChI=1S/C9H11ClN4O2/c1-2-13(6-3-4-6)8-7(14(15)16)5-11-9(10)12-8/h5-6H,2-4H2,1H3. The second kappa shape index (κ2) is 4.21. The molecule has 1 aliphatic rings. The van der Waals surface area contributed by atoms with E-state index in [2.05, 4.69) is 9.97 Å². The van der Waals surface area contributed by atoms with Crippen molar-refractivity contribution in [3.8, 4) is 0 Å². The first kappa shape index (κ1) is 11.1. The molecule has 0 aliphatic heterocycles. The minimum Gasteiger partial charge on any atom is -0.348 e. The molecule has 1 fully saturated rings. The fourth-order valence-electron chi connectivity index (χ4n) is 1.65. The maximum atomic E-state index is 10.9. The van der Waals surface area contributed by atoms with E-state index in [1.165, 1.54) is 0 Å². The smallest absolute Gasteiger partial charge is 0.329 e. The molecule has 0 radical (unpaired) electrons. The molecule has 2 rings (SSSR count). The second-order valence-corrected chi connectivity index (χ2v) is 3.96. The molecule has 86 valence electrons. The number of halogens is 1. The van der Waals surface area contributed by atoms with Crippen LogP contribution in [0.25, 0.3) is 0 Å². The van der Waals surface area contributed by atoms with E-state index in [4.69, 9.17) is 11.6 Å². The normalized spacial score (nSPS) is 14.9. The van der Waals surface area contributed by atoms with Gasteiger partial charge in [-0.15, -0.1) is 0 Å². The van der Waals surface area contributed by atoms with E-state index < -0.39 is 4.92 Å². The minimum absolute atomic E-state index is 0.0414. The molecular weight excluding hydrogens is 232 g/mol. The molecule has 1 saturated carbocycles. The Morgan fingerprint density at radius 1 is 1.69 bits per heavy atom. The summed E-state index contributed by atoms with van der Waals surface area (Å²) in [5.41, 5.74) is -0.0850. The Bertz CT molecular complexity index is 422.